The van der Waals surface area contributed by atoms with Gasteiger partial charge in [-0.25, -0.2) is 0 Å². The Kier molecular flexibility index (Phi) is 6.04. The molecule has 7 heteroatoms. The number of fused-ring (bicyclic) bond motifs is 1. The molecular weight excluding hydrogens is 446 g/mol. The predicted octanol–water partition coefficient (Wildman–Crippen LogP) is 5.56. The minimum atomic E-state index is -0.0262. The van der Waals surface area contributed by atoms with Crippen LogP contribution in [0.2, 0.25) is 0 Å². The standard InChI is InChI=1S/C27H29N3O3S/c1-30-26-20(24(29-30)18-11-12-21(32-2)22(15-18)33-3)16-23(34-26)25(31)28-17-27(13-7-8-14-27)19-9-5-4-6-10-19/h4-6,9-12,15-16H,7-8,13-14,17H2,1-3H3,(H,28,31). The fraction of sp³-hybridized carbons (Fsp3) is 0.333. The monoisotopic (exact) mass is 475 g/mol. The Hall–Kier alpha value is -3.32. The van der Waals surface area contributed by atoms with Crippen molar-refractivity contribution in [2.75, 3.05) is 20.8 Å². The van der Waals surface area contributed by atoms with Crippen LogP contribution in [0.1, 0.15) is 40.9 Å². The molecule has 34 heavy (non-hydrogen) atoms. The summed E-state index contributed by atoms with van der Waals surface area (Å²) < 4.78 is 12.7. The van der Waals surface area contributed by atoms with Gasteiger partial charge in [-0.3, -0.25) is 9.48 Å². The highest BCUT2D eigenvalue weighted by atomic mass is 32.1. The molecule has 5 rings (SSSR count). The third kappa shape index (κ3) is 3.94. The topological polar surface area (TPSA) is 65.4 Å². The van der Waals surface area contributed by atoms with Crippen LogP contribution in [0.4, 0.5) is 0 Å². The normalized spacial score (nSPS) is 14.9. The van der Waals surface area contributed by atoms with E-state index in [-0.39, 0.29) is 11.3 Å². The molecule has 1 amide bonds. The third-order valence-corrected chi connectivity index (χ3v) is 8.13. The average Bonchev–Trinajstić information content (AvgIpc) is 3.60. The molecule has 0 bridgehead atoms. The van der Waals surface area contributed by atoms with E-state index in [0.29, 0.717) is 22.9 Å². The van der Waals surface area contributed by atoms with Crippen molar-refractivity contribution in [1.82, 2.24) is 15.1 Å². The molecule has 1 aliphatic rings. The summed E-state index contributed by atoms with van der Waals surface area (Å²) >= 11 is 1.47. The van der Waals surface area contributed by atoms with Gasteiger partial charge in [0.25, 0.3) is 5.91 Å². The van der Waals surface area contributed by atoms with Gasteiger partial charge >= 0.3 is 0 Å². The van der Waals surface area contributed by atoms with Crippen molar-refractivity contribution in [3.8, 4) is 22.8 Å². The van der Waals surface area contributed by atoms with Crippen molar-refractivity contribution in [2.45, 2.75) is 31.1 Å². The van der Waals surface area contributed by atoms with E-state index in [1.54, 1.807) is 14.2 Å². The van der Waals surface area contributed by atoms with Gasteiger partial charge in [0.1, 0.15) is 10.5 Å². The molecule has 1 saturated carbocycles. The maximum atomic E-state index is 13.2. The number of aryl methyl sites for hydroxylation is 1. The quantitative estimate of drug-likeness (QED) is 0.380. The molecule has 1 fully saturated rings. The molecule has 0 spiro atoms. The maximum absolute atomic E-state index is 13.2. The highest BCUT2D eigenvalue weighted by Crippen LogP contribution is 2.41. The zero-order valence-corrected chi connectivity index (χ0v) is 20.6. The Morgan fingerprint density at radius 1 is 1.06 bits per heavy atom. The zero-order valence-electron chi connectivity index (χ0n) is 19.8. The minimum absolute atomic E-state index is 0.0262. The first-order valence-electron chi connectivity index (χ1n) is 11.6. The smallest absolute Gasteiger partial charge is 0.261 e. The van der Waals surface area contributed by atoms with E-state index in [0.717, 1.165) is 34.3 Å². The number of hydrogen-bond acceptors (Lipinski definition) is 5. The molecule has 2 heterocycles. The summed E-state index contributed by atoms with van der Waals surface area (Å²) in [6.45, 7) is 0.658. The molecule has 2 aromatic heterocycles. The van der Waals surface area contributed by atoms with Gasteiger partial charge < -0.3 is 14.8 Å². The van der Waals surface area contributed by atoms with Crippen LogP contribution < -0.4 is 14.8 Å². The summed E-state index contributed by atoms with van der Waals surface area (Å²) in [7, 11) is 5.15. The van der Waals surface area contributed by atoms with Crippen molar-refractivity contribution in [1.29, 1.82) is 0 Å². The predicted molar refractivity (Wildman–Crippen MR) is 136 cm³/mol. The van der Waals surface area contributed by atoms with Crippen LogP contribution in [0.3, 0.4) is 0 Å². The zero-order chi connectivity index (χ0) is 23.7. The van der Waals surface area contributed by atoms with E-state index in [2.05, 4.69) is 29.6 Å². The number of amides is 1. The number of benzene rings is 2. The minimum Gasteiger partial charge on any atom is -0.493 e. The Balaban J connectivity index is 1.41. The van der Waals surface area contributed by atoms with Gasteiger partial charge in [0.05, 0.1) is 19.1 Å². The summed E-state index contributed by atoms with van der Waals surface area (Å²) in [5.74, 6) is 1.29. The Morgan fingerprint density at radius 3 is 2.50 bits per heavy atom. The van der Waals surface area contributed by atoms with E-state index < -0.39 is 0 Å². The van der Waals surface area contributed by atoms with E-state index in [1.165, 1.54) is 29.7 Å². The van der Waals surface area contributed by atoms with Crippen molar-refractivity contribution in [2.24, 2.45) is 7.05 Å². The van der Waals surface area contributed by atoms with Crippen LogP contribution in [0.25, 0.3) is 21.5 Å². The van der Waals surface area contributed by atoms with Crippen LogP contribution in [0.5, 0.6) is 11.5 Å². The number of rotatable bonds is 7. The highest BCUT2D eigenvalue weighted by molar-refractivity contribution is 7.20. The van der Waals surface area contributed by atoms with Gasteiger partial charge in [0.15, 0.2) is 11.5 Å². The molecule has 1 aliphatic carbocycles. The second-order valence-corrected chi connectivity index (χ2v) is 9.94. The van der Waals surface area contributed by atoms with Crippen molar-refractivity contribution in [3.05, 3.63) is 65.0 Å². The molecule has 6 nitrogen and oxygen atoms in total. The van der Waals surface area contributed by atoms with Gasteiger partial charge in [0.2, 0.25) is 0 Å². The number of thiophene rings is 1. The Morgan fingerprint density at radius 2 is 1.79 bits per heavy atom. The highest BCUT2D eigenvalue weighted by Gasteiger charge is 2.36. The van der Waals surface area contributed by atoms with E-state index in [1.807, 2.05) is 42.1 Å². The summed E-state index contributed by atoms with van der Waals surface area (Å²) in [6.07, 6.45) is 4.62. The first-order valence-corrected chi connectivity index (χ1v) is 12.4. The van der Waals surface area contributed by atoms with Crippen LogP contribution in [0.15, 0.2) is 54.6 Å². The number of carbonyl (C=O) groups is 1. The maximum Gasteiger partial charge on any atom is 0.261 e. The Labute approximate surface area is 203 Å². The number of carbonyl (C=O) groups excluding carboxylic acids is 1. The van der Waals surface area contributed by atoms with Crippen LogP contribution >= 0.6 is 11.3 Å². The molecule has 2 aromatic carbocycles. The molecule has 0 radical (unpaired) electrons. The van der Waals surface area contributed by atoms with Crippen LogP contribution in [-0.2, 0) is 12.5 Å². The molecule has 0 aliphatic heterocycles. The van der Waals surface area contributed by atoms with Gasteiger partial charge in [0, 0.05) is 30.0 Å². The van der Waals surface area contributed by atoms with Crippen LogP contribution in [0, 0.1) is 0 Å². The molecule has 0 unspecified atom stereocenters. The van der Waals surface area contributed by atoms with E-state index in [9.17, 15) is 4.79 Å². The van der Waals surface area contributed by atoms with Crippen molar-refractivity contribution in [3.63, 3.8) is 0 Å². The molecule has 0 saturated heterocycles. The molecule has 0 atom stereocenters. The van der Waals surface area contributed by atoms with E-state index >= 15 is 0 Å². The molecule has 176 valence electrons. The Bertz CT molecular complexity index is 1320. The third-order valence-electron chi connectivity index (χ3n) is 6.93. The van der Waals surface area contributed by atoms with Crippen molar-refractivity contribution >= 4 is 27.5 Å². The second kappa shape index (κ2) is 9.14. The molecule has 1 N–H and O–H groups in total. The van der Waals surface area contributed by atoms with Gasteiger partial charge in [-0.05, 0) is 42.7 Å². The average molecular weight is 476 g/mol. The van der Waals surface area contributed by atoms with E-state index in [4.69, 9.17) is 14.6 Å². The lowest BCUT2D eigenvalue weighted by Gasteiger charge is -2.30. The van der Waals surface area contributed by atoms with Gasteiger partial charge in [-0.2, -0.15) is 5.10 Å². The fourth-order valence-corrected chi connectivity index (χ4v) is 6.09. The number of nitrogens with one attached hydrogen (secondary N) is 1. The lowest BCUT2D eigenvalue weighted by atomic mass is 9.79. The summed E-state index contributed by atoms with van der Waals surface area (Å²) in [5.41, 5.74) is 3.09. The summed E-state index contributed by atoms with van der Waals surface area (Å²) in [4.78, 5) is 14.9. The number of aromatic nitrogens is 2. The molecular formula is C27H29N3O3S. The lowest BCUT2D eigenvalue weighted by Crippen LogP contribution is -2.38. The summed E-state index contributed by atoms with van der Waals surface area (Å²) in [5, 5.41) is 8.92. The SMILES string of the molecule is COc1ccc(-c2nn(C)c3sc(C(=O)NCC4(c5ccccc5)CCCC4)cc23)cc1OC. The number of methoxy groups -OCH3 is 2. The number of nitrogens with zero attached hydrogens (tertiary/aromatic N) is 2. The largest absolute Gasteiger partial charge is 0.493 e. The van der Waals surface area contributed by atoms with Crippen molar-refractivity contribution < 1.29 is 14.3 Å². The number of hydrogen-bond donors (Lipinski definition) is 1. The molecule has 4 aromatic rings. The van der Waals surface area contributed by atoms with Gasteiger partial charge in [-0.15, -0.1) is 11.3 Å². The van der Waals surface area contributed by atoms with Crippen LogP contribution in [-0.4, -0.2) is 36.5 Å². The number of ether oxygens (including phenoxy) is 2. The summed E-state index contributed by atoms with van der Waals surface area (Å²) in [6, 6.07) is 18.3. The first-order chi connectivity index (χ1) is 16.5. The second-order valence-electron chi connectivity index (χ2n) is 8.91. The van der Waals surface area contributed by atoms with Gasteiger partial charge in [-0.1, -0.05) is 43.2 Å². The fourth-order valence-electron chi connectivity index (χ4n) is 5.10. The first kappa shape index (κ1) is 22.5. The lowest BCUT2D eigenvalue weighted by molar-refractivity contribution is 0.0947.